The van der Waals surface area contributed by atoms with Crippen molar-refractivity contribution in [3.8, 4) is 0 Å². The number of aryl methyl sites for hydroxylation is 2. The first kappa shape index (κ1) is 13.2. The van der Waals surface area contributed by atoms with Crippen molar-refractivity contribution in [3.63, 3.8) is 0 Å². The van der Waals surface area contributed by atoms with Crippen LogP contribution in [0.1, 0.15) is 31.1 Å². The minimum Gasteiger partial charge on any atom is -0.479 e. The first-order chi connectivity index (χ1) is 8.04. The maximum Gasteiger partial charge on any atom is 0.331 e. The molecule has 1 unspecified atom stereocenters. The van der Waals surface area contributed by atoms with Crippen LogP contribution < -0.4 is 0 Å². The highest BCUT2D eigenvalue weighted by Gasteiger charge is 2.29. The first-order valence-electron chi connectivity index (χ1n) is 5.51. The lowest BCUT2D eigenvalue weighted by molar-refractivity contribution is -0.146. The Morgan fingerprint density at radius 1 is 1.65 bits per heavy atom. The smallest absolute Gasteiger partial charge is 0.331 e. The summed E-state index contributed by atoms with van der Waals surface area (Å²) < 4.78 is 1.57. The summed E-state index contributed by atoms with van der Waals surface area (Å²) in [6.07, 6.45) is 2.85. The summed E-state index contributed by atoms with van der Waals surface area (Å²) in [5.74, 6) is -1.04. The van der Waals surface area contributed by atoms with E-state index in [1.807, 2.05) is 6.92 Å². The average Bonchev–Trinajstić information content (AvgIpc) is 2.65. The lowest BCUT2D eigenvalue weighted by Crippen LogP contribution is -2.33. The van der Waals surface area contributed by atoms with Crippen LogP contribution in [0, 0.1) is 0 Å². The number of carboxylic acid groups (broad SMARTS) is 1. The summed E-state index contributed by atoms with van der Waals surface area (Å²) in [7, 11) is 1.73. The zero-order valence-corrected chi connectivity index (χ0v) is 10.3. The molecule has 0 aliphatic carbocycles. The van der Waals surface area contributed by atoms with Gasteiger partial charge in [-0.3, -0.25) is 9.48 Å². The van der Waals surface area contributed by atoms with Crippen molar-refractivity contribution >= 4 is 12.4 Å². The number of carboxylic acids is 1. The van der Waals surface area contributed by atoms with Crippen LogP contribution in [-0.4, -0.2) is 38.7 Å². The van der Waals surface area contributed by atoms with E-state index in [1.54, 1.807) is 24.9 Å². The van der Waals surface area contributed by atoms with Gasteiger partial charge in [-0.05, 0) is 13.3 Å². The fourth-order valence-electron chi connectivity index (χ4n) is 1.83. The molecule has 0 aromatic carbocycles. The zero-order valence-electron chi connectivity index (χ0n) is 10.3. The number of carbonyl (C=O) groups is 2. The molecule has 0 saturated carbocycles. The average molecular weight is 239 g/mol. The van der Waals surface area contributed by atoms with Gasteiger partial charge >= 0.3 is 5.97 Å². The predicted molar refractivity (Wildman–Crippen MR) is 61.4 cm³/mol. The molecule has 94 valence electrons. The second kappa shape index (κ2) is 5.47. The number of amides is 1. The Labute approximate surface area is 99.8 Å². The quantitative estimate of drug-likeness (QED) is 0.737. The molecule has 0 spiro atoms. The molecule has 1 heterocycles. The maximum atomic E-state index is 11.3. The third-order valence-corrected chi connectivity index (χ3v) is 2.63. The molecular weight excluding hydrogens is 222 g/mol. The van der Waals surface area contributed by atoms with Crippen LogP contribution in [0.15, 0.2) is 6.20 Å². The van der Waals surface area contributed by atoms with Gasteiger partial charge in [-0.1, -0.05) is 6.92 Å². The van der Waals surface area contributed by atoms with Crippen LogP contribution in [0.4, 0.5) is 0 Å². The van der Waals surface area contributed by atoms with Crippen molar-refractivity contribution in [1.82, 2.24) is 14.7 Å². The van der Waals surface area contributed by atoms with Gasteiger partial charge in [0.15, 0.2) is 6.04 Å². The molecule has 1 rings (SSSR count). The SMILES string of the molecule is CCc1nn(C)cc1C(C(=O)O)N(C=O)CC. The second-order valence-corrected chi connectivity index (χ2v) is 3.73. The number of rotatable bonds is 6. The monoisotopic (exact) mass is 239 g/mol. The minimum absolute atomic E-state index is 0.346. The van der Waals surface area contributed by atoms with Crippen molar-refractivity contribution in [2.24, 2.45) is 7.05 Å². The number of carbonyl (C=O) groups excluding carboxylic acids is 1. The minimum atomic E-state index is -1.04. The van der Waals surface area contributed by atoms with Gasteiger partial charge < -0.3 is 10.0 Å². The van der Waals surface area contributed by atoms with E-state index in [9.17, 15) is 14.7 Å². The third-order valence-electron chi connectivity index (χ3n) is 2.63. The van der Waals surface area contributed by atoms with Gasteiger partial charge in [0.25, 0.3) is 0 Å². The Morgan fingerprint density at radius 2 is 2.29 bits per heavy atom. The highest BCUT2D eigenvalue weighted by atomic mass is 16.4. The molecule has 1 aromatic heterocycles. The predicted octanol–water partition coefficient (Wildman–Crippen LogP) is 0.587. The van der Waals surface area contributed by atoms with E-state index < -0.39 is 12.0 Å². The summed E-state index contributed by atoms with van der Waals surface area (Å²) in [6, 6.07) is -0.957. The number of aliphatic carboxylic acids is 1. The Morgan fingerprint density at radius 3 is 2.71 bits per heavy atom. The summed E-state index contributed by atoms with van der Waals surface area (Å²) in [6.45, 7) is 3.99. The number of hydrogen-bond donors (Lipinski definition) is 1. The van der Waals surface area contributed by atoms with Crippen LogP contribution in [0.3, 0.4) is 0 Å². The van der Waals surface area contributed by atoms with E-state index >= 15 is 0 Å². The third kappa shape index (κ3) is 2.64. The van der Waals surface area contributed by atoms with Gasteiger partial charge in [0, 0.05) is 25.4 Å². The largest absolute Gasteiger partial charge is 0.479 e. The number of hydrogen-bond acceptors (Lipinski definition) is 3. The topological polar surface area (TPSA) is 75.4 Å². The molecule has 17 heavy (non-hydrogen) atoms. The van der Waals surface area contributed by atoms with Crippen LogP contribution in [0.2, 0.25) is 0 Å². The molecule has 0 aliphatic rings. The molecule has 6 nitrogen and oxygen atoms in total. The summed E-state index contributed by atoms with van der Waals surface area (Å²) in [5, 5.41) is 13.4. The summed E-state index contributed by atoms with van der Waals surface area (Å²) in [5.41, 5.74) is 1.29. The molecule has 1 atom stereocenters. The number of aromatic nitrogens is 2. The molecule has 1 aromatic rings. The Balaban J connectivity index is 3.21. The van der Waals surface area contributed by atoms with Crippen LogP contribution in [0.25, 0.3) is 0 Å². The van der Waals surface area contributed by atoms with Crippen LogP contribution in [-0.2, 0) is 23.1 Å². The highest BCUT2D eigenvalue weighted by Crippen LogP contribution is 2.23. The molecule has 1 amide bonds. The number of nitrogens with zero attached hydrogens (tertiary/aromatic N) is 3. The summed E-state index contributed by atoms with van der Waals surface area (Å²) >= 11 is 0. The fraction of sp³-hybridized carbons (Fsp3) is 0.545. The van der Waals surface area contributed by atoms with E-state index in [0.29, 0.717) is 30.6 Å². The molecule has 6 heteroatoms. The molecule has 0 fully saturated rings. The van der Waals surface area contributed by atoms with Gasteiger partial charge in [0.05, 0.1) is 5.69 Å². The first-order valence-corrected chi connectivity index (χ1v) is 5.51. The molecule has 1 N–H and O–H groups in total. The molecule has 0 saturated heterocycles. The van der Waals surface area contributed by atoms with Crippen molar-refractivity contribution in [2.45, 2.75) is 26.3 Å². The van der Waals surface area contributed by atoms with E-state index in [0.717, 1.165) is 0 Å². The highest BCUT2D eigenvalue weighted by molar-refractivity contribution is 5.78. The Hall–Kier alpha value is -1.85. The Kier molecular flexibility index (Phi) is 4.25. The number of likely N-dealkylation sites (N-methyl/N-ethyl adjacent to an activating group) is 1. The van der Waals surface area contributed by atoms with E-state index in [1.165, 1.54) is 4.90 Å². The van der Waals surface area contributed by atoms with Gasteiger partial charge in [-0.2, -0.15) is 5.10 Å². The van der Waals surface area contributed by atoms with E-state index in [4.69, 9.17) is 0 Å². The van der Waals surface area contributed by atoms with E-state index in [-0.39, 0.29) is 0 Å². The maximum absolute atomic E-state index is 11.3. The van der Waals surface area contributed by atoms with Crippen molar-refractivity contribution < 1.29 is 14.7 Å². The lowest BCUT2D eigenvalue weighted by Gasteiger charge is -2.23. The summed E-state index contributed by atoms with van der Waals surface area (Å²) in [4.78, 5) is 23.4. The van der Waals surface area contributed by atoms with E-state index in [2.05, 4.69) is 5.10 Å². The van der Waals surface area contributed by atoms with Gasteiger partial charge in [-0.15, -0.1) is 0 Å². The lowest BCUT2D eigenvalue weighted by atomic mass is 10.1. The molecular formula is C11H17N3O3. The standard InChI is InChI=1S/C11H17N3O3/c1-4-9-8(6-13(3)12-9)10(11(16)17)14(5-2)7-15/h6-7,10H,4-5H2,1-3H3,(H,16,17). The molecule has 0 aliphatic heterocycles. The second-order valence-electron chi connectivity index (χ2n) is 3.73. The zero-order chi connectivity index (χ0) is 13.0. The Bertz CT molecular complexity index is 414. The van der Waals surface area contributed by atoms with Gasteiger partial charge in [0.2, 0.25) is 6.41 Å². The molecule has 0 radical (unpaired) electrons. The molecule has 0 bridgehead atoms. The fourth-order valence-corrected chi connectivity index (χ4v) is 1.83. The van der Waals surface area contributed by atoms with Gasteiger partial charge in [-0.25, -0.2) is 4.79 Å². The van der Waals surface area contributed by atoms with Crippen LogP contribution >= 0.6 is 0 Å². The van der Waals surface area contributed by atoms with Crippen molar-refractivity contribution in [2.75, 3.05) is 6.54 Å². The van der Waals surface area contributed by atoms with Crippen molar-refractivity contribution in [1.29, 1.82) is 0 Å². The normalized spacial score (nSPS) is 12.2. The van der Waals surface area contributed by atoms with Crippen molar-refractivity contribution in [3.05, 3.63) is 17.5 Å². The van der Waals surface area contributed by atoms with Gasteiger partial charge in [0.1, 0.15) is 0 Å². The van der Waals surface area contributed by atoms with Crippen LogP contribution in [0.5, 0.6) is 0 Å².